The van der Waals surface area contributed by atoms with Crippen molar-refractivity contribution in [2.45, 2.75) is 45.6 Å². The van der Waals surface area contributed by atoms with E-state index in [0.29, 0.717) is 12.5 Å². The van der Waals surface area contributed by atoms with Crippen molar-refractivity contribution in [2.75, 3.05) is 11.6 Å². The van der Waals surface area contributed by atoms with Crippen LogP contribution in [0.3, 0.4) is 0 Å². The van der Waals surface area contributed by atoms with E-state index in [4.69, 9.17) is 10.8 Å². The maximum absolute atomic E-state index is 5.76. The number of aryl methyl sites for hydroxylation is 1. The van der Waals surface area contributed by atoms with Crippen molar-refractivity contribution < 1.29 is 0 Å². The van der Waals surface area contributed by atoms with Crippen molar-refractivity contribution in [1.29, 1.82) is 0 Å². The predicted molar refractivity (Wildman–Crippen MR) is 103 cm³/mol. The highest BCUT2D eigenvalue weighted by molar-refractivity contribution is 5.89. The molecule has 1 atom stereocenters. The summed E-state index contributed by atoms with van der Waals surface area (Å²) in [5, 5.41) is 7.08. The Kier molecular flexibility index (Phi) is 5.00. The maximum atomic E-state index is 5.76. The average Bonchev–Trinajstić information content (AvgIpc) is 2.99. The minimum Gasteiger partial charge on any atom is -0.330 e. The summed E-state index contributed by atoms with van der Waals surface area (Å²) < 4.78 is 0. The third kappa shape index (κ3) is 3.36. The fourth-order valence-corrected chi connectivity index (χ4v) is 3.30. The first-order valence-corrected chi connectivity index (χ1v) is 8.81. The molecule has 0 radical (unpaired) electrons. The van der Waals surface area contributed by atoms with E-state index in [9.17, 15) is 0 Å². The van der Waals surface area contributed by atoms with Crippen LogP contribution in [0.4, 0.5) is 5.69 Å². The zero-order chi connectivity index (χ0) is 17.1. The van der Waals surface area contributed by atoms with Crippen molar-refractivity contribution in [2.24, 2.45) is 10.8 Å². The predicted octanol–water partition coefficient (Wildman–Crippen LogP) is 4.77. The van der Waals surface area contributed by atoms with Gasteiger partial charge in [0.25, 0.3) is 0 Å². The number of rotatable bonds is 5. The van der Waals surface area contributed by atoms with Crippen LogP contribution < -0.4 is 10.7 Å². The monoisotopic (exact) mass is 321 g/mol. The van der Waals surface area contributed by atoms with Gasteiger partial charge in [0.15, 0.2) is 0 Å². The Morgan fingerprint density at radius 3 is 2.46 bits per heavy atom. The first-order chi connectivity index (χ1) is 11.6. The highest BCUT2D eigenvalue weighted by Gasteiger charge is 2.29. The molecule has 1 unspecified atom stereocenters. The number of benzene rings is 2. The van der Waals surface area contributed by atoms with E-state index < -0.39 is 0 Å². The van der Waals surface area contributed by atoms with E-state index >= 15 is 0 Å². The quantitative estimate of drug-likeness (QED) is 0.861. The van der Waals surface area contributed by atoms with Gasteiger partial charge < -0.3 is 5.73 Å². The molecule has 0 amide bonds. The number of hydrazone groups is 1. The lowest BCUT2D eigenvalue weighted by molar-refractivity contribution is 0.704. The molecule has 0 aliphatic carbocycles. The first kappa shape index (κ1) is 16.7. The van der Waals surface area contributed by atoms with Gasteiger partial charge >= 0.3 is 0 Å². The van der Waals surface area contributed by atoms with Crippen LogP contribution >= 0.6 is 0 Å². The van der Waals surface area contributed by atoms with Gasteiger partial charge in [-0.1, -0.05) is 56.3 Å². The van der Waals surface area contributed by atoms with Crippen LogP contribution in [0.25, 0.3) is 0 Å². The van der Waals surface area contributed by atoms with Gasteiger partial charge in [-0.2, -0.15) is 5.10 Å². The Morgan fingerprint density at radius 1 is 1.12 bits per heavy atom. The lowest BCUT2D eigenvalue weighted by Gasteiger charge is -2.25. The summed E-state index contributed by atoms with van der Waals surface area (Å²) in [5.41, 5.74) is 12.1. The molecule has 2 aromatic carbocycles. The Hall–Kier alpha value is -2.13. The molecular weight excluding hydrogens is 294 g/mol. The summed E-state index contributed by atoms with van der Waals surface area (Å²) in [7, 11) is 0. The molecule has 0 saturated carbocycles. The average molecular weight is 321 g/mol. The maximum Gasteiger partial charge on any atom is 0.0828 e. The lowest BCUT2D eigenvalue weighted by atomic mass is 9.96. The van der Waals surface area contributed by atoms with Crippen LogP contribution in [0.5, 0.6) is 0 Å². The fourth-order valence-electron chi connectivity index (χ4n) is 3.30. The second-order valence-electron chi connectivity index (χ2n) is 6.88. The number of nitrogens with zero attached hydrogens (tertiary/aromatic N) is 2. The summed E-state index contributed by atoms with van der Waals surface area (Å²) in [6.07, 6.45) is 1.81. The van der Waals surface area contributed by atoms with Gasteiger partial charge in [0.2, 0.25) is 0 Å². The number of anilines is 1. The molecule has 0 bridgehead atoms. The van der Waals surface area contributed by atoms with Gasteiger partial charge in [0.05, 0.1) is 11.7 Å². The highest BCUT2D eigenvalue weighted by atomic mass is 15.5. The van der Waals surface area contributed by atoms with Crippen LogP contribution in [-0.4, -0.2) is 12.3 Å². The van der Waals surface area contributed by atoms with Gasteiger partial charge in [-0.15, -0.1) is 0 Å². The standard InChI is InChI=1S/C21H27N3/c1-15(2)17-8-10-18(11-9-17)21-14-19(12-13-22)23-24(21)20-7-5-4-6-16(20)3/h4-11,15,21H,12-14,22H2,1-3H3. The molecule has 3 rings (SSSR count). The summed E-state index contributed by atoms with van der Waals surface area (Å²) in [5.74, 6) is 0.555. The molecule has 3 heteroatoms. The second-order valence-corrected chi connectivity index (χ2v) is 6.88. The van der Waals surface area contributed by atoms with E-state index in [-0.39, 0.29) is 6.04 Å². The Balaban J connectivity index is 1.94. The van der Waals surface area contributed by atoms with E-state index in [2.05, 4.69) is 74.3 Å². The molecular formula is C21H27N3. The molecule has 1 heterocycles. The van der Waals surface area contributed by atoms with Gasteiger partial charge in [-0.05, 0) is 48.6 Å². The molecule has 126 valence electrons. The molecule has 1 aliphatic heterocycles. The number of hydrogen-bond donors (Lipinski definition) is 1. The van der Waals surface area contributed by atoms with Crippen molar-refractivity contribution in [3.05, 3.63) is 65.2 Å². The largest absolute Gasteiger partial charge is 0.330 e. The number of hydrogen-bond acceptors (Lipinski definition) is 3. The lowest BCUT2D eigenvalue weighted by Crippen LogP contribution is -2.19. The number of para-hydroxylation sites is 1. The Morgan fingerprint density at radius 2 is 1.83 bits per heavy atom. The highest BCUT2D eigenvalue weighted by Crippen LogP contribution is 2.37. The molecule has 0 aromatic heterocycles. The SMILES string of the molecule is Cc1ccccc1N1N=C(CCN)CC1c1ccc(C(C)C)cc1. The topological polar surface area (TPSA) is 41.6 Å². The summed E-state index contributed by atoms with van der Waals surface area (Å²) in [4.78, 5) is 0. The minimum absolute atomic E-state index is 0.258. The van der Waals surface area contributed by atoms with E-state index in [1.165, 1.54) is 28.1 Å². The van der Waals surface area contributed by atoms with Crippen molar-refractivity contribution >= 4 is 11.4 Å². The van der Waals surface area contributed by atoms with Gasteiger partial charge in [0, 0.05) is 12.1 Å². The summed E-state index contributed by atoms with van der Waals surface area (Å²) >= 11 is 0. The Labute approximate surface area is 145 Å². The van der Waals surface area contributed by atoms with Crippen LogP contribution in [0.2, 0.25) is 0 Å². The minimum atomic E-state index is 0.258. The normalized spacial score (nSPS) is 17.5. The number of nitrogens with two attached hydrogens (primary N) is 1. The van der Waals surface area contributed by atoms with Crippen molar-refractivity contribution in [3.63, 3.8) is 0 Å². The molecule has 24 heavy (non-hydrogen) atoms. The van der Waals surface area contributed by atoms with E-state index in [1.807, 2.05) is 0 Å². The zero-order valence-electron chi connectivity index (χ0n) is 14.9. The van der Waals surface area contributed by atoms with Crippen molar-refractivity contribution in [3.8, 4) is 0 Å². The third-order valence-corrected chi connectivity index (χ3v) is 4.76. The van der Waals surface area contributed by atoms with Crippen LogP contribution in [0.1, 0.15) is 55.3 Å². The van der Waals surface area contributed by atoms with Gasteiger partial charge in [-0.25, -0.2) is 0 Å². The van der Waals surface area contributed by atoms with Crippen LogP contribution in [-0.2, 0) is 0 Å². The van der Waals surface area contributed by atoms with Crippen molar-refractivity contribution in [1.82, 2.24) is 0 Å². The molecule has 1 aliphatic rings. The third-order valence-electron chi connectivity index (χ3n) is 4.76. The van der Waals surface area contributed by atoms with E-state index in [1.54, 1.807) is 0 Å². The zero-order valence-corrected chi connectivity index (χ0v) is 14.9. The molecule has 0 saturated heterocycles. The first-order valence-electron chi connectivity index (χ1n) is 8.81. The van der Waals surface area contributed by atoms with Gasteiger partial charge in [0.1, 0.15) is 0 Å². The van der Waals surface area contributed by atoms with Crippen LogP contribution in [0.15, 0.2) is 53.6 Å². The molecule has 0 fully saturated rings. The van der Waals surface area contributed by atoms with Crippen LogP contribution in [0, 0.1) is 6.92 Å². The summed E-state index contributed by atoms with van der Waals surface area (Å²) in [6.45, 7) is 7.25. The van der Waals surface area contributed by atoms with Gasteiger partial charge in [-0.3, -0.25) is 5.01 Å². The molecule has 2 aromatic rings. The molecule has 0 spiro atoms. The second kappa shape index (κ2) is 7.18. The van der Waals surface area contributed by atoms with E-state index in [0.717, 1.165) is 12.8 Å². The molecule has 2 N–H and O–H groups in total. The molecule has 3 nitrogen and oxygen atoms in total. The Bertz CT molecular complexity index is 716. The summed E-state index contributed by atoms with van der Waals surface area (Å²) in [6, 6.07) is 17.7. The fraction of sp³-hybridized carbons (Fsp3) is 0.381. The smallest absolute Gasteiger partial charge is 0.0828 e.